The minimum Gasteiger partial charge on any atom is -0.372 e. The normalized spacial score (nSPS) is 24.2. The zero-order chi connectivity index (χ0) is 22.0. The molecule has 2 aromatic carbocycles. The Labute approximate surface area is 192 Å². The molecule has 2 aliphatic carbocycles. The first-order valence-corrected chi connectivity index (χ1v) is 12.4. The molecule has 2 fully saturated rings. The van der Waals surface area contributed by atoms with Gasteiger partial charge in [0.15, 0.2) is 0 Å². The summed E-state index contributed by atoms with van der Waals surface area (Å²) in [5.41, 5.74) is 5.87. The summed E-state index contributed by atoms with van der Waals surface area (Å²) >= 11 is 0. The van der Waals surface area contributed by atoms with Crippen LogP contribution >= 0.6 is 0 Å². The van der Waals surface area contributed by atoms with Gasteiger partial charge in [-0.05, 0) is 91.5 Å². The lowest BCUT2D eigenvalue weighted by Gasteiger charge is -2.45. The van der Waals surface area contributed by atoms with Crippen LogP contribution in [0.1, 0.15) is 67.6 Å². The first-order chi connectivity index (χ1) is 15.7. The van der Waals surface area contributed by atoms with Crippen molar-refractivity contribution in [3.63, 3.8) is 0 Å². The van der Waals surface area contributed by atoms with Gasteiger partial charge in [0.1, 0.15) is 5.92 Å². The van der Waals surface area contributed by atoms with Crippen molar-refractivity contribution in [2.45, 2.75) is 63.7 Å². The van der Waals surface area contributed by atoms with E-state index in [-0.39, 0.29) is 5.92 Å². The maximum absolute atomic E-state index is 9.59. The van der Waals surface area contributed by atoms with E-state index in [1.807, 2.05) is 6.07 Å². The summed E-state index contributed by atoms with van der Waals surface area (Å²) in [5, 5.41) is 19.2. The summed E-state index contributed by atoms with van der Waals surface area (Å²) in [6, 6.07) is 22.0. The Morgan fingerprint density at radius 1 is 0.875 bits per heavy atom. The number of hydrogen-bond donors (Lipinski definition) is 0. The first kappa shape index (κ1) is 21.1. The summed E-state index contributed by atoms with van der Waals surface area (Å²) in [7, 11) is 0. The van der Waals surface area contributed by atoms with Crippen LogP contribution in [0.3, 0.4) is 0 Å². The summed E-state index contributed by atoms with van der Waals surface area (Å²) in [4.78, 5) is 2.57. The molecule has 3 heteroatoms. The van der Waals surface area contributed by atoms with Gasteiger partial charge in [0.25, 0.3) is 0 Å². The van der Waals surface area contributed by atoms with Crippen LogP contribution in [0.15, 0.2) is 48.5 Å². The Morgan fingerprint density at radius 3 is 2.16 bits per heavy atom. The molecule has 32 heavy (non-hydrogen) atoms. The number of hydrogen-bond acceptors (Lipinski definition) is 3. The summed E-state index contributed by atoms with van der Waals surface area (Å²) in [5.74, 6) is -0.264. The predicted octanol–water partition coefficient (Wildman–Crippen LogP) is 6.40. The quantitative estimate of drug-likeness (QED) is 0.572. The molecule has 0 amide bonds. The minimum atomic E-state index is -0.581. The third kappa shape index (κ3) is 4.02. The standard InChI is InChI=1S/C29H33N3/c30-20-25(21-31)28-24(19-23-6-1-2-7-27(23)28)18-22-8-10-26(11-9-22)32-16-4-14-29(12-3-13-29)15-5-17-32/h1-2,6-11,24-25,28H,3-5,12-19H2. The molecule has 3 aliphatic rings. The van der Waals surface area contributed by atoms with E-state index < -0.39 is 5.92 Å². The Bertz CT molecular complexity index is 996. The van der Waals surface area contributed by atoms with Crippen molar-refractivity contribution < 1.29 is 0 Å². The molecule has 2 unspecified atom stereocenters. The van der Waals surface area contributed by atoms with Crippen molar-refractivity contribution in [3.8, 4) is 12.1 Å². The summed E-state index contributed by atoms with van der Waals surface area (Å²) in [6.45, 7) is 2.35. The van der Waals surface area contributed by atoms with Gasteiger partial charge >= 0.3 is 0 Å². The Morgan fingerprint density at radius 2 is 1.53 bits per heavy atom. The second-order valence-electron chi connectivity index (χ2n) is 10.3. The second-order valence-corrected chi connectivity index (χ2v) is 10.3. The zero-order valence-electron chi connectivity index (χ0n) is 19.0. The highest BCUT2D eigenvalue weighted by Crippen LogP contribution is 2.49. The fourth-order valence-corrected chi connectivity index (χ4v) is 6.66. The van der Waals surface area contributed by atoms with Gasteiger partial charge < -0.3 is 4.90 Å². The number of benzene rings is 2. The van der Waals surface area contributed by atoms with Gasteiger partial charge in [0, 0.05) is 24.7 Å². The fraction of sp³-hybridized carbons (Fsp3) is 0.517. The maximum atomic E-state index is 9.59. The Balaban J connectivity index is 1.26. The Hall–Kier alpha value is -2.78. The lowest BCUT2D eigenvalue weighted by molar-refractivity contribution is 0.0970. The average molecular weight is 424 g/mol. The van der Waals surface area contributed by atoms with E-state index in [9.17, 15) is 10.5 Å². The van der Waals surface area contributed by atoms with Crippen molar-refractivity contribution in [1.29, 1.82) is 10.5 Å². The van der Waals surface area contributed by atoms with Gasteiger partial charge in [-0.3, -0.25) is 0 Å². The molecule has 3 nitrogen and oxygen atoms in total. The topological polar surface area (TPSA) is 50.8 Å². The number of nitrogens with zero attached hydrogens (tertiary/aromatic N) is 3. The molecule has 2 atom stereocenters. The van der Waals surface area contributed by atoms with Crippen LogP contribution in [0.5, 0.6) is 0 Å². The van der Waals surface area contributed by atoms with E-state index in [0.29, 0.717) is 11.3 Å². The molecule has 5 rings (SSSR count). The minimum absolute atomic E-state index is 0.00839. The monoisotopic (exact) mass is 423 g/mol. The van der Waals surface area contributed by atoms with Crippen molar-refractivity contribution >= 4 is 5.69 Å². The van der Waals surface area contributed by atoms with Crippen molar-refractivity contribution in [2.24, 2.45) is 17.3 Å². The molecule has 1 saturated carbocycles. The molecule has 0 N–H and O–H groups in total. The van der Waals surface area contributed by atoms with E-state index in [2.05, 4.69) is 59.5 Å². The van der Waals surface area contributed by atoms with E-state index >= 15 is 0 Å². The molecule has 1 heterocycles. The zero-order valence-corrected chi connectivity index (χ0v) is 19.0. The third-order valence-corrected chi connectivity index (χ3v) is 8.53. The molecule has 1 aliphatic heterocycles. The molecule has 164 valence electrons. The van der Waals surface area contributed by atoms with Gasteiger partial charge in [-0.1, -0.05) is 42.8 Å². The van der Waals surface area contributed by atoms with Gasteiger partial charge in [-0.15, -0.1) is 0 Å². The maximum Gasteiger partial charge on any atom is 0.140 e. The second kappa shape index (κ2) is 8.99. The highest BCUT2D eigenvalue weighted by Gasteiger charge is 2.38. The van der Waals surface area contributed by atoms with Crippen LogP contribution in [0.25, 0.3) is 0 Å². The van der Waals surface area contributed by atoms with Crippen LogP contribution in [-0.2, 0) is 12.8 Å². The molecule has 0 bridgehead atoms. The molecular formula is C29H33N3. The van der Waals surface area contributed by atoms with Crippen molar-refractivity contribution in [1.82, 2.24) is 0 Å². The molecule has 0 radical (unpaired) electrons. The number of nitriles is 2. The predicted molar refractivity (Wildman–Crippen MR) is 128 cm³/mol. The van der Waals surface area contributed by atoms with Crippen LogP contribution in [0.2, 0.25) is 0 Å². The lowest BCUT2D eigenvalue weighted by atomic mass is 9.63. The van der Waals surface area contributed by atoms with Crippen molar-refractivity contribution in [2.75, 3.05) is 18.0 Å². The average Bonchev–Trinajstić information content (AvgIpc) is 3.12. The van der Waals surface area contributed by atoms with E-state index in [1.165, 1.54) is 80.4 Å². The van der Waals surface area contributed by atoms with Gasteiger partial charge in [-0.25, -0.2) is 0 Å². The van der Waals surface area contributed by atoms with Crippen molar-refractivity contribution in [3.05, 3.63) is 65.2 Å². The fourth-order valence-electron chi connectivity index (χ4n) is 6.66. The first-order valence-electron chi connectivity index (χ1n) is 12.4. The van der Waals surface area contributed by atoms with Gasteiger partial charge in [0.05, 0.1) is 12.1 Å². The van der Waals surface area contributed by atoms with Crippen LogP contribution in [0, 0.1) is 39.9 Å². The number of rotatable bonds is 4. The van der Waals surface area contributed by atoms with Gasteiger partial charge in [-0.2, -0.15) is 10.5 Å². The van der Waals surface area contributed by atoms with Crippen LogP contribution in [0.4, 0.5) is 5.69 Å². The molecule has 1 saturated heterocycles. The number of fused-ring (bicyclic) bond motifs is 1. The van der Waals surface area contributed by atoms with E-state index in [1.54, 1.807) is 0 Å². The molecule has 1 spiro atoms. The Kier molecular flexibility index (Phi) is 5.93. The highest BCUT2D eigenvalue weighted by atomic mass is 15.1. The SMILES string of the molecule is N#CC(C#N)C1c2ccccc2CC1Cc1ccc(N2CCCC3(CCC2)CCC3)cc1. The largest absolute Gasteiger partial charge is 0.372 e. The number of anilines is 1. The smallest absolute Gasteiger partial charge is 0.140 e. The van der Waals surface area contributed by atoms with E-state index in [0.717, 1.165) is 12.8 Å². The van der Waals surface area contributed by atoms with E-state index in [4.69, 9.17) is 0 Å². The summed E-state index contributed by atoms with van der Waals surface area (Å²) < 4.78 is 0. The van der Waals surface area contributed by atoms with Crippen LogP contribution < -0.4 is 4.90 Å². The molecular weight excluding hydrogens is 390 g/mol. The molecule has 0 aromatic heterocycles. The lowest BCUT2D eigenvalue weighted by Crippen LogP contribution is -2.36. The third-order valence-electron chi connectivity index (χ3n) is 8.53. The summed E-state index contributed by atoms with van der Waals surface area (Å²) in [6.07, 6.45) is 11.7. The molecule has 2 aromatic rings. The highest BCUT2D eigenvalue weighted by molar-refractivity contribution is 5.48. The van der Waals surface area contributed by atoms with Gasteiger partial charge in [0.2, 0.25) is 0 Å². The van der Waals surface area contributed by atoms with Crippen LogP contribution in [-0.4, -0.2) is 13.1 Å².